The van der Waals surface area contributed by atoms with Gasteiger partial charge in [-0.3, -0.25) is 4.79 Å². The van der Waals surface area contributed by atoms with Crippen molar-refractivity contribution in [2.24, 2.45) is 0 Å². The molecule has 18 heavy (non-hydrogen) atoms. The van der Waals surface area contributed by atoms with Gasteiger partial charge >= 0.3 is 5.97 Å². The van der Waals surface area contributed by atoms with E-state index in [4.69, 9.17) is 9.84 Å². The van der Waals surface area contributed by atoms with Crippen LogP contribution in [0.4, 0.5) is 0 Å². The first-order valence-electron chi connectivity index (χ1n) is 6.33. The van der Waals surface area contributed by atoms with E-state index in [1.54, 1.807) is 0 Å². The van der Waals surface area contributed by atoms with Gasteiger partial charge in [-0.25, -0.2) is 4.79 Å². The molecule has 2 N–H and O–H groups in total. The molecule has 1 atom stereocenters. The van der Waals surface area contributed by atoms with E-state index < -0.39 is 12.0 Å². The van der Waals surface area contributed by atoms with E-state index in [2.05, 4.69) is 5.32 Å². The Morgan fingerprint density at radius 1 is 1.44 bits per heavy atom. The van der Waals surface area contributed by atoms with Crippen LogP contribution in [-0.2, 0) is 14.3 Å². The number of nitrogens with one attached hydrogen (secondary N) is 1. The molecule has 0 spiro atoms. The molecule has 0 saturated carbocycles. The number of ether oxygens (including phenoxy) is 1. The summed E-state index contributed by atoms with van der Waals surface area (Å²) in [6, 6.07) is -0.795. The van der Waals surface area contributed by atoms with Crippen molar-refractivity contribution in [3.63, 3.8) is 0 Å². The summed E-state index contributed by atoms with van der Waals surface area (Å²) in [5.41, 5.74) is 0. The Morgan fingerprint density at radius 3 is 2.61 bits per heavy atom. The molecule has 1 aliphatic heterocycles. The van der Waals surface area contributed by atoms with E-state index in [1.807, 2.05) is 0 Å². The van der Waals surface area contributed by atoms with Crippen LogP contribution in [0.15, 0.2) is 0 Å². The smallest absolute Gasteiger partial charge is 0.326 e. The van der Waals surface area contributed by atoms with Gasteiger partial charge in [0.2, 0.25) is 5.91 Å². The van der Waals surface area contributed by atoms with Crippen molar-refractivity contribution in [3.8, 4) is 0 Å². The largest absolute Gasteiger partial charge is 0.480 e. The molecule has 0 aromatic heterocycles. The van der Waals surface area contributed by atoms with E-state index in [0.717, 1.165) is 25.9 Å². The maximum atomic E-state index is 11.7. The number of likely N-dealkylation sites (N-methyl/N-ethyl adjacent to an activating group) is 1. The quantitative estimate of drug-likeness (QED) is 0.705. The van der Waals surface area contributed by atoms with Gasteiger partial charge in [0.1, 0.15) is 6.04 Å². The topological polar surface area (TPSA) is 78.9 Å². The van der Waals surface area contributed by atoms with E-state index >= 15 is 0 Å². The number of rotatable bonds is 6. The molecule has 1 amide bonds. The van der Waals surface area contributed by atoms with Gasteiger partial charge in [-0.15, -0.1) is 0 Å². The molecule has 1 fully saturated rings. The van der Waals surface area contributed by atoms with Crippen LogP contribution in [0.3, 0.4) is 0 Å². The Balaban J connectivity index is 2.21. The second kappa shape index (κ2) is 7.33. The molecule has 1 heterocycles. The van der Waals surface area contributed by atoms with Gasteiger partial charge in [-0.2, -0.15) is 0 Å². The van der Waals surface area contributed by atoms with Crippen molar-refractivity contribution in [2.45, 2.75) is 38.3 Å². The molecule has 0 bridgehead atoms. The number of carbonyl (C=O) groups excluding carboxylic acids is 1. The van der Waals surface area contributed by atoms with Crippen molar-refractivity contribution in [1.82, 2.24) is 10.2 Å². The zero-order valence-electron chi connectivity index (χ0n) is 11.0. The lowest BCUT2D eigenvalue weighted by Gasteiger charge is -2.24. The van der Waals surface area contributed by atoms with Gasteiger partial charge in [0.05, 0.1) is 19.1 Å². The molecule has 6 heteroatoms. The molecule has 0 aromatic carbocycles. The highest BCUT2D eigenvalue weighted by Crippen LogP contribution is 2.08. The van der Waals surface area contributed by atoms with Crippen molar-refractivity contribution < 1.29 is 19.4 Å². The number of hydrogen-bond acceptors (Lipinski definition) is 4. The molecule has 104 valence electrons. The summed E-state index contributed by atoms with van der Waals surface area (Å²) in [6.45, 7) is 3.76. The molecule has 0 aromatic rings. The zero-order chi connectivity index (χ0) is 13.5. The summed E-state index contributed by atoms with van der Waals surface area (Å²) >= 11 is 0. The summed E-state index contributed by atoms with van der Waals surface area (Å²) < 4.78 is 5.61. The lowest BCUT2D eigenvalue weighted by Crippen LogP contribution is -2.40. The lowest BCUT2D eigenvalue weighted by molar-refractivity contribution is -0.148. The molecule has 0 aliphatic carbocycles. The average molecular weight is 258 g/mol. The molecule has 1 saturated heterocycles. The number of carbonyl (C=O) groups is 2. The van der Waals surface area contributed by atoms with E-state index in [-0.39, 0.29) is 18.4 Å². The molecule has 1 unspecified atom stereocenters. The predicted octanol–water partition coefficient (Wildman–Crippen LogP) is 0.0766. The van der Waals surface area contributed by atoms with Crippen LogP contribution in [-0.4, -0.2) is 60.8 Å². The molecule has 1 aliphatic rings. The summed E-state index contributed by atoms with van der Waals surface area (Å²) in [5, 5.41) is 12.0. The maximum Gasteiger partial charge on any atom is 0.326 e. The number of carboxylic acids is 1. The van der Waals surface area contributed by atoms with Crippen LogP contribution in [0.1, 0.15) is 26.2 Å². The highest BCUT2D eigenvalue weighted by molar-refractivity contribution is 5.83. The average Bonchev–Trinajstić information content (AvgIpc) is 2.38. The fourth-order valence-corrected chi connectivity index (χ4v) is 1.83. The summed E-state index contributed by atoms with van der Waals surface area (Å²) in [5.74, 6) is -1.19. The highest BCUT2D eigenvalue weighted by Gasteiger charge is 2.21. The fraction of sp³-hybridized carbons (Fsp3) is 0.833. The normalized spacial score (nSPS) is 18.3. The number of carboxylic acid groups (broad SMARTS) is 1. The van der Waals surface area contributed by atoms with Crippen molar-refractivity contribution in [2.75, 3.05) is 26.7 Å². The highest BCUT2D eigenvalue weighted by atomic mass is 16.5. The number of aliphatic carboxylic acids is 1. The third-order valence-electron chi connectivity index (χ3n) is 3.29. The monoisotopic (exact) mass is 258 g/mol. The van der Waals surface area contributed by atoms with Gasteiger partial charge in [0, 0.05) is 7.05 Å². The SMILES string of the molecule is CC(C(=O)O)N(C)C(=O)CCOC1CCNCC1. The predicted molar refractivity (Wildman–Crippen MR) is 66.3 cm³/mol. The Labute approximate surface area is 107 Å². The van der Waals surface area contributed by atoms with Gasteiger partial charge in [0.25, 0.3) is 0 Å². The van der Waals surface area contributed by atoms with Crippen molar-refractivity contribution in [3.05, 3.63) is 0 Å². The number of nitrogens with zero attached hydrogens (tertiary/aromatic N) is 1. The van der Waals surface area contributed by atoms with Crippen molar-refractivity contribution in [1.29, 1.82) is 0 Å². The minimum Gasteiger partial charge on any atom is -0.480 e. The molecule has 1 rings (SSSR count). The Kier molecular flexibility index (Phi) is 6.07. The van der Waals surface area contributed by atoms with Crippen LogP contribution < -0.4 is 5.32 Å². The first-order valence-corrected chi connectivity index (χ1v) is 6.33. The third kappa shape index (κ3) is 4.62. The van der Waals surface area contributed by atoms with Crippen LogP contribution in [0.5, 0.6) is 0 Å². The molecular formula is C12H22N2O4. The van der Waals surface area contributed by atoms with Crippen molar-refractivity contribution >= 4 is 11.9 Å². The summed E-state index contributed by atoms with van der Waals surface area (Å²) in [6.07, 6.45) is 2.39. The minimum atomic E-state index is -0.995. The standard InChI is InChI=1S/C12H22N2O4/c1-9(12(16)17)14(2)11(15)5-8-18-10-3-6-13-7-4-10/h9-10,13H,3-8H2,1-2H3,(H,16,17). The van der Waals surface area contributed by atoms with Gasteiger partial charge in [-0.1, -0.05) is 0 Å². The fourth-order valence-electron chi connectivity index (χ4n) is 1.83. The Morgan fingerprint density at radius 2 is 2.06 bits per heavy atom. The number of piperidine rings is 1. The number of hydrogen-bond donors (Lipinski definition) is 2. The van der Waals surface area contributed by atoms with Crippen LogP contribution in [0.2, 0.25) is 0 Å². The van der Waals surface area contributed by atoms with E-state index in [9.17, 15) is 9.59 Å². The second-order valence-corrected chi connectivity index (χ2v) is 4.59. The Bertz CT molecular complexity index is 290. The first kappa shape index (κ1) is 14.9. The first-order chi connectivity index (χ1) is 8.52. The Hall–Kier alpha value is -1.14. The van der Waals surface area contributed by atoms with Gasteiger partial charge in [0.15, 0.2) is 0 Å². The van der Waals surface area contributed by atoms with Gasteiger partial charge < -0.3 is 20.1 Å². The second-order valence-electron chi connectivity index (χ2n) is 4.59. The van der Waals surface area contributed by atoms with Gasteiger partial charge in [-0.05, 0) is 32.9 Å². The molecular weight excluding hydrogens is 236 g/mol. The van der Waals surface area contributed by atoms with Crippen LogP contribution >= 0.6 is 0 Å². The zero-order valence-corrected chi connectivity index (χ0v) is 11.0. The summed E-state index contributed by atoms with van der Waals surface area (Å²) in [7, 11) is 1.51. The molecule has 0 radical (unpaired) electrons. The van der Waals surface area contributed by atoms with E-state index in [0.29, 0.717) is 6.61 Å². The van der Waals surface area contributed by atoms with Crippen LogP contribution in [0, 0.1) is 0 Å². The van der Waals surface area contributed by atoms with Crippen LogP contribution in [0.25, 0.3) is 0 Å². The maximum absolute atomic E-state index is 11.7. The minimum absolute atomic E-state index is 0.196. The van der Waals surface area contributed by atoms with E-state index in [1.165, 1.54) is 18.9 Å². The summed E-state index contributed by atoms with van der Waals surface area (Å²) in [4.78, 5) is 23.7. The third-order valence-corrected chi connectivity index (χ3v) is 3.29. The lowest BCUT2D eigenvalue weighted by atomic mass is 10.1. The number of amides is 1. The molecule has 6 nitrogen and oxygen atoms in total.